The SMILES string of the molecule is COc1ccc(NC(=O)C2CCCN(c3ccnc(-c4ccc(C)cc4)n3)C2)cc1OC. The molecule has 0 aliphatic carbocycles. The lowest BCUT2D eigenvalue weighted by Gasteiger charge is -2.33. The predicted octanol–water partition coefficient (Wildman–Crippen LogP) is 4.32. The van der Waals surface area contributed by atoms with Crippen molar-refractivity contribution in [3.8, 4) is 22.9 Å². The number of rotatable bonds is 6. The molecule has 1 aliphatic heterocycles. The Morgan fingerprint density at radius 1 is 1.06 bits per heavy atom. The van der Waals surface area contributed by atoms with Gasteiger partial charge in [-0.05, 0) is 38.0 Å². The van der Waals surface area contributed by atoms with Crippen LogP contribution in [-0.2, 0) is 4.79 Å². The maximum absolute atomic E-state index is 13.0. The molecule has 3 aromatic rings. The summed E-state index contributed by atoms with van der Waals surface area (Å²) in [4.78, 5) is 24.3. The van der Waals surface area contributed by atoms with Gasteiger partial charge in [-0.2, -0.15) is 0 Å². The van der Waals surface area contributed by atoms with E-state index >= 15 is 0 Å². The molecule has 0 saturated carbocycles. The highest BCUT2D eigenvalue weighted by atomic mass is 16.5. The fourth-order valence-electron chi connectivity index (χ4n) is 3.92. The van der Waals surface area contributed by atoms with Gasteiger partial charge >= 0.3 is 0 Å². The zero-order chi connectivity index (χ0) is 22.5. The number of amides is 1. The average molecular weight is 433 g/mol. The fourth-order valence-corrected chi connectivity index (χ4v) is 3.92. The third kappa shape index (κ3) is 4.82. The number of ether oxygens (including phenoxy) is 2. The largest absolute Gasteiger partial charge is 0.493 e. The van der Waals surface area contributed by atoms with Gasteiger partial charge in [0.1, 0.15) is 5.82 Å². The van der Waals surface area contributed by atoms with E-state index in [2.05, 4.69) is 34.3 Å². The van der Waals surface area contributed by atoms with E-state index in [0.717, 1.165) is 30.8 Å². The average Bonchev–Trinajstić information content (AvgIpc) is 2.84. The molecule has 4 rings (SSSR count). The molecule has 1 atom stereocenters. The smallest absolute Gasteiger partial charge is 0.229 e. The maximum atomic E-state index is 13.0. The number of hydrogen-bond acceptors (Lipinski definition) is 6. The van der Waals surface area contributed by atoms with Gasteiger partial charge in [-0.3, -0.25) is 4.79 Å². The van der Waals surface area contributed by atoms with E-state index in [9.17, 15) is 4.79 Å². The second kappa shape index (κ2) is 9.68. The predicted molar refractivity (Wildman–Crippen MR) is 125 cm³/mol. The highest BCUT2D eigenvalue weighted by Crippen LogP contribution is 2.30. The Morgan fingerprint density at radius 3 is 2.59 bits per heavy atom. The molecule has 7 nitrogen and oxygen atoms in total. The Hall–Kier alpha value is -3.61. The van der Waals surface area contributed by atoms with Crippen LogP contribution in [0.2, 0.25) is 0 Å². The summed E-state index contributed by atoms with van der Waals surface area (Å²) in [7, 11) is 3.17. The number of piperidine rings is 1. The molecule has 2 aromatic carbocycles. The van der Waals surface area contributed by atoms with Gasteiger partial charge in [-0.1, -0.05) is 29.8 Å². The molecule has 0 bridgehead atoms. The van der Waals surface area contributed by atoms with E-state index in [1.165, 1.54) is 5.56 Å². The summed E-state index contributed by atoms with van der Waals surface area (Å²) in [5.74, 6) is 2.62. The van der Waals surface area contributed by atoms with Crippen LogP contribution in [0.3, 0.4) is 0 Å². The first kappa shape index (κ1) is 21.6. The van der Waals surface area contributed by atoms with E-state index in [1.807, 2.05) is 24.3 Å². The summed E-state index contributed by atoms with van der Waals surface area (Å²) in [6.45, 7) is 3.54. The summed E-state index contributed by atoms with van der Waals surface area (Å²) < 4.78 is 10.6. The molecule has 1 fully saturated rings. The van der Waals surface area contributed by atoms with Gasteiger partial charge < -0.3 is 19.7 Å². The third-order valence-electron chi connectivity index (χ3n) is 5.72. The van der Waals surface area contributed by atoms with Gasteiger partial charge in [0.05, 0.1) is 20.1 Å². The molecule has 166 valence electrons. The van der Waals surface area contributed by atoms with Crippen molar-refractivity contribution in [1.82, 2.24) is 9.97 Å². The van der Waals surface area contributed by atoms with Crippen molar-refractivity contribution in [1.29, 1.82) is 0 Å². The number of aromatic nitrogens is 2. The molecule has 1 saturated heterocycles. The first-order chi connectivity index (χ1) is 15.6. The quantitative estimate of drug-likeness (QED) is 0.625. The number of nitrogens with one attached hydrogen (secondary N) is 1. The molecule has 1 aliphatic rings. The standard InChI is InChI=1S/C25H28N4O3/c1-17-6-8-18(9-7-17)24-26-13-12-23(28-24)29-14-4-5-19(16-29)25(30)27-20-10-11-21(31-2)22(15-20)32-3/h6-13,15,19H,4-5,14,16H2,1-3H3,(H,27,30). The minimum atomic E-state index is -0.130. The summed E-state index contributed by atoms with van der Waals surface area (Å²) in [6.07, 6.45) is 3.55. The van der Waals surface area contributed by atoms with Gasteiger partial charge in [-0.15, -0.1) is 0 Å². The van der Waals surface area contributed by atoms with Crippen LogP contribution in [0.1, 0.15) is 18.4 Å². The first-order valence-corrected chi connectivity index (χ1v) is 10.8. The normalized spacial score (nSPS) is 15.8. The summed E-state index contributed by atoms with van der Waals surface area (Å²) in [5, 5.41) is 3.02. The lowest BCUT2D eigenvalue weighted by molar-refractivity contribution is -0.120. The van der Waals surface area contributed by atoms with Crippen molar-refractivity contribution in [3.63, 3.8) is 0 Å². The van der Waals surface area contributed by atoms with Crippen molar-refractivity contribution >= 4 is 17.4 Å². The van der Waals surface area contributed by atoms with Gasteiger partial charge in [0, 0.05) is 36.6 Å². The minimum Gasteiger partial charge on any atom is -0.493 e. The number of hydrogen-bond donors (Lipinski definition) is 1. The van der Waals surface area contributed by atoms with Gasteiger partial charge in [0.2, 0.25) is 5.91 Å². The molecule has 1 amide bonds. The van der Waals surface area contributed by atoms with E-state index in [0.29, 0.717) is 29.6 Å². The molecule has 1 N–H and O–H groups in total. The highest BCUT2D eigenvalue weighted by Gasteiger charge is 2.27. The van der Waals surface area contributed by atoms with E-state index < -0.39 is 0 Å². The molecule has 0 radical (unpaired) electrons. The maximum Gasteiger partial charge on any atom is 0.229 e. The topological polar surface area (TPSA) is 76.6 Å². The summed E-state index contributed by atoms with van der Waals surface area (Å²) >= 11 is 0. The molecule has 2 heterocycles. The van der Waals surface area contributed by atoms with Crippen molar-refractivity contribution < 1.29 is 14.3 Å². The molecule has 0 spiro atoms. The number of methoxy groups -OCH3 is 2. The second-order valence-corrected chi connectivity index (χ2v) is 7.95. The van der Waals surface area contributed by atoms with Crippen LogP contribution in [0.15, 0.2) is 54.7 Å². The zero-order valence-electron chi connectivity index (χ0n) is 18.7. The Morgan fingerprint density at radius 2 is 1.84 bits per heavy atom. The van der Waals surface area contributed by atoms with Crippen LogP contribution in [0.25, 0.3) is 11.4 Å². The minimum absolute atomic E-state index is 0.00488. The van der Waals surface area contributed by atoms with Crippen LogP contribution in [0, 0.1) is 12.8 Å². The fraction of sp³-hybridized carbons (Fsp3) is 0.320. The monoisotopic (exact) mass is 432 g/mol. The van der Waals surface area contributed by atoms with Gasteiger partial charge in [0.25, 0.3) is 0 Å². The number of anilines is 2. The van der Waals surface area contributed by atoms with E-state index in [4.69, 9.17) is 14.5 Å². The number of benzene rings is 2. The van der Waals surface area contributed by atoms with Crippen molar-refractivity contribution in [2.24, 2.45) is 5.92 Å². The second-order valence-electron chi connectivity index (χ2n) is 7.95. The number of nitrogens with zero attached hydrogens (tertiary/aromatic N) is 3. The lowest BCUT2D eigenvalue weighted by atomic mass is 9.97. The first-order valence-electron chi connectivity index (χ1n) is 10.8. The van der Waals surface area contributed by atoms with Crippen molar-refractivity contribution in [3.05, 3.63) is 60.3 Å². The highest BCUT2D eigenvalue weighted by molar-refractivity contribution is 5.93. The van der Waals surface area contributed by atoms with Gasteiger partial charge in [-0.25, -0.2) is 9.97 Å². The Labute approximate surface area is 188 Å². The van der Waals surface area contributed by atoms with Crippen LogP contribution in [0.4, 0.5) is 11.5 Å². The zero-order valence-corrected chi connectivity index (χ0v) is 18.7. The molecule has 7 heteroatoms. The molecule has 32 heavy (non-hydrogen) atoms. The lowest BCUT2D eigenvalue weighted by Crippen LogP contribution is -2.41. The van der Waals surface area contributed by atoms with Crippen LogP contribution in [0.5, 0.6) is 11.5 Å². The van der Waals surface area contributed by atoms with Crippen molar-refractivity contribution in [2.75, 3.05) is 37.5 Å². The van der Waals surface area contributed by atoms with Gasteiger partial charge in [0.15, 0.2) is 17.3 Å². The number of carbonyl (C=O) groups excluding carboxylic acids is 1. The number of aryl methyl sites for hydroxylation is 1. The van der Waals surface area contributed by atoms with Crippen molar-refractivity contribution in [2.45, 2.75) is 19.8 Å². The van der Waals surface area contributed by atoms with Crippen LogP contribution < -0.4 is 19.7 Å². The molecule has 1 aromatic heterocycles. The van der Waals surface area contributed by atoms with E-state index in [1.54, 1.807) is 32.5 Å². The number of carbonyl (C=O) groups is 1. The van der Waals surface area contributed by atoms with Crippen LogP contribution in [-0.4, -0.2) is 43.2 Å². The summed E-state index contributed by atoms with van der Waals surface area (Å²) in [5.41, 5.74) is 2.87. The van der Waals surface area contributed by atoms with Crippen LogP contribution >= 0.6 is 0 Å². The molecular weight excluding hydrogens is 404 g/mol. The molecular formula is C25H28N4O3. The Kier molecular flexibility index (Phi) is 6.54. The van der Waals surface area contributed by atoms with E-state index in [-0.39, 0.29) is 11.8 Å². The molecule has 1 unspecified atom stereocenters. The summed E-state index contributed by atoms with van der Waals surface area (Å²) in [6, 6.07) is 15.5. The Bertz CT molecular complexity index is 1080. The Balaban J connectivity index is 1.46. The third-order valence-corrected chi connectivity index (χ3v) is 5.72.